The molecule has 0 rings (SSSR count). The molecule has 0 amide bonds. The highest BCUT2D eigenvalue weighted by molar-refractivity contribution is 4.55. The van der Waals surface area contributed by atoms with Gasteiger partial charge in [-0.05, 0) is 20.8 Å². The first-order valence-electron chi connectivity index (χ1n) is 6.11. The summed E-state index contributed by atoms with van der Waals surface area (Å²) >= 11 is 0. The van der Waals surface area contributed by atoms with E-state index in [1.807, 2.05) is 20.8 Å². The minimum Gasteiger partial charge on any atom is -0.382 e. The van der Waals surface area contributed by atoms with E-state index < -0.39 is 0 Å². The lowest BCUT2D eigenvalue weighted by atomic mass is 10.3. The molecular formula is C12H27NO4. The van der Waals surface area contributed by atoms with Gasteiger partial charge in [0.1, 0.15) is 0 Å². The molecule has 0 saturated carbocycles. The van der Waals surface area contributed by atoms with Crippen molar-refractivity contribution in [1.82, 2.24) is 0 Å². The van der Waals surface area contributed by atoms with E-state index in [0.29, 0.717) is 33.0 Å². The highest BCUT2D eigenvalue weighted by Gasteiger charge is 2.08. The van der Waals surface area contributed by atoms with Crippen LogP contribution >= 0.6 is 0 Å². The summed E-state index contributed by atoms with van der Waals surface area (Å²) in [6.07, 6.45) is 0.121. The highest BCUT2D eigenvalue weighted by Crippen LogP contribution is 1.98. The van der Waals surface area contributed by atoms with E-state index in [1.165, 1.54) is 0 Å². The van der Waals surface area contributed by atoms with Crippen LogP contribution in [0.5, 0.6) is 0 Å². The van der Waals surface area contributed by atoms with Crippen LogP contribution in [0.2, 0.25) is 0 Å². The Hall–Kier alpha value is -0.200. The third-order valence-corrected chi connectivity index (χ3v) is 2.04. The third-order valence-electron chi connectivity index (χ3n) is 2.04. The fourth-order valence-electron chi connectivity index (χ4n) is 1.10. The largest absolute Gasteiger partial charge is 0.382 e. The van der Waals surface area contributed by atoms with Gasteiger partial charge in [-0.1, -0.05) is 0 Å². The van der Waals surface area contributed by atoms with Gasteiger partial charge >= 0.3 is 0 Å². The van der Waals surface area contributed by atoms with E-state index in [-0.39, 0.29) is 18.2 Å². The van der Waals surface area contributed by atoms with Crippen molar-refractivity contribution in [2.45, 2.75) is 39.0 Å². The molecule has 0 spiro atoms. The summed E-state index contributed by atoms with van der Waals surface area (Å²) in [4.78, 5) is 0. The maximum atomic E-state index is 5.59. The Kier molecular flexibility index (Phi) is 10.8. The second-order valence-electron chi connectivity index (χ2n) is 4.33. The standard InChI is InChI=1S/C12H27NO4/c1-10(13)7-16-12(3)9-17-11(2)8-15-6-5-14-4/h10-12H,5-9,13H2,1-4H3/t10-,11-,12-/m1/s1. The van der Waals surface area contributed by atoms with E-state index >= 15 is 0 Å². The maximum Gasteiger partial charge on any atom is 0.0781 e. The predicted octanol–water partition coefficient (Wildman–Crippen LogP) is 0.807. The van der Waals surface area contributed by atoms with Crippen LogP contribution in [0.15, 0.2) is 0 Å². The second-order valence-corrected chi connectivity index (χ2v) is 4.33. The number of hydrogen-bond donors (Lipinski definition) is 1. The van der Waals surface area contributed by atoms with Crippen molar-refractivity contribution >= 4 is 0 Å². The fraction of sp³-hybridized carbons (Fsp3) is 1.00. The summed E-state index contributed by atoms with van der Waals surface area (Å²) in [6.45, 7) is 8.77. The van der Waals surface area contributed by atoms with Crippen molar-refractivity contribution in [3.05, 3.63) is 0 Å². The Bertz CT molecular complexity index is 167. The van der Waals surface area contributed by atoms with Gasteiger partial charge in [-0.15, -0.1) is 0 Å². The lowest BCUT2D eigenvalue weighted by molar-refractivity contribution is -0.0621. The molecule has 0 fully saturated rings. The van der Waals surface area contributed by atoms with Gasteiger partial charge in [0.15, 0.2) is 0 Å². The Morgan fingerprint density at radius 2 is 1.47 bits per heavy atom. The number of methoxy groups -OCH3 is 1. The van der Waals surface area contributed by atoms with E-state index in [0.717, 1.165) is 0 Å². The zero-order valence-electron chi connectivity index (χ0n) is 11.5. The molecule has 2 N–H and O–H groups in total. The molecule has 0 aliphatic carbocycles. The number of hydrogen-bond acceptors (Lipinski definition) is 5. The lowest BCUT2D eigenvalue weighted by Gasteiger charge is -2.18. The monoisotopic (exact) mass is 249 g/mol. The minimum absolute atomic E-state index is 0.0578. The van der Waals surface area contributed by atoms with E-state index in [2.05, 4.69) is 0 Å². The van der Waals surface area contributed by atoms with Gasteiger partial charge < -0.3 is 24.7 Å². The lowest BCUT2D eigenvalue weighted by Crippen LogP contribution is -2.28. The molecule has 0 saturated heterocycles. The molecule has 0 aliphatic heterocycles. The first-order valence-corrected chi connectivity index (χ1v) is 6.11. The molecule has 104 valence electrons. The Morgan fingerprint density at radius 3 is 2.06 bits per heavy atom. The second kappa shape index (κ2) is 10.9. The number of rotatable bonds is 11. The van der Waals surface area contributed by atoms with Crippen LogP contribution < -0.4 is 5.73 Å². The molecule has 5 heteroatoms. The summed E-state index contributed by atoms with van der Waals surface area (Å²) in [6, 6.07) is 0.0623. The molecule has 3 atom stereocenters. The van der Waals surface area contributed by atoms with Gasteiger partial charge in [0, 0.05) is 13.2 Å². The molecule has 17 heavy (non-hydrogen) atoms. The van der Waals surface area contributed by atoms with Crippen LogP contribution in [0.1, 0.15) is 20.8 Å². The first-order chi connectivity index (χ1) is 8.06. The van der Waals surface area contributed by atoms with Crippen LogP contribution in [0.25, 0.3) is 0 Å². The highest BCUT2D eigenvalue weighted by atomic mass is 16.6. The van der Waals surface area contributed by atoms with Crippen molar-refractivity contribution in [2.75, 3.05) is 40.1 Å². The van der Waals surface area contributed by atoms with Crippen LogP contribution in [0.3, 0.4) is 0 Å². The summed E-state index contributed by atoms with van der Waals surface area (Å²) < 4.78 is 21.3. The zero-order chi connectivity index (χ0) is 13.1. The molecule has 0 aliphatic rings. The van der Waals surface area contributed by atoms with Crippen molar-refractivity contribution in [2.24, 2.45) is 5.73 Å². The molecule has 0 unspecified atom stereocenters. The average Bonchev–Trinajstić information content (AvgIpc) is 2.29. The third kappa shape index (κ3) is 12.1. The van der Waals surface area contributed by atoms with Crippen LogP contribution in [-0.2, 0) is 18.9 Å². The van der Waals surface area contributed by atoms with Crippen LogP contribution in [0, 0.1) is 0 Å². The maximum absolute atomic E-state index is 5.59. The first kappa shape index (κ1) is 16.8. The molecule has 0 aromatic heterocycles. The molecule has 0 heterocycles. The Morgan fingerprint density at radius 1 is 0.882 bits per heavy atom. The minimum atomic E-state index is 0.0578. The van der Waals surface area contributed by atoms with Gasteiger partial charge in [-0.2, -0.15) is 0 Å². The van der Waals surface area contributed by atoms with Crippen molar-refractivity contribution in [3.8, 4) is 0 Å². The van der Waals surface area contributed by atoms with Gasteiger partial charge in [-0.3, -0.25) is 0 Å². The predicted molar refractivity (Wildman–Crippen MR) is 67.2 cm³/mol. The van der Waals surface area contributed by atoms with Gasteiger partial charge in [-0.25, -0.2) is 0 Å². The Labute approximate surface area is 105 Å². The van der Waals surface area contributed by atoms with Crippen molar-refractivity contribution in [1.29, 1.82) is 0 Å². The molecule has 0 bridgehead atoms. The summed E-state index contributed by atoms with van der Waals surface area (Å²) in [5, 5.41) is 0. The molecule has 0 aromatic rings. The van der Waals surface area contributed by atoms with Crippen LogP contribution in [-0.4, -0.2) is 58.4 Å². The normalized spacial score (nSPS) is 16.8. The molecule has 0 aromatic carbocycles. The molecule has 5 nitrogen and oxygen atoms in total. The van der Waals surface area contributed by atoms with Gasteiger partial charge in [0.05, 0.1) is 45.2 Å². The number of ether oxygens (including phenoxy) is 4. The van der Waals surface area contributed by atoms with Gasteiger partial charge in [0.2, 0.25) is 0 Å². The van der Waals surface area contributed by atoms with E-state index in [9.17, 15) is 0 Å². The SMILES string of the molecule is COCCOC[C@@H](C)OC[C@@H](C)OC[C@@H](C)N. The smallest absolute Gasteiger partial charge is 0.0781 e. The van der Waals surface area contributed by atoms with E-state index in [1.54, 1.807) is 7.11 Å². The average molecular weight is 249 g/mol. The van der Waals surface area contributed by atoms with E-state index in [4.69, 9.17) is 24.7 Å². The quantitative estimate of drug-likeness (QED) is 0.549. The molecule has 0 radical (unpaired) electrons. The van der Waals surface area contributed by atoms with Crippen LogP contribution in [0.4, 0.5) is 0 Å². The topological polar surface area (TPSA) is 62.9 Å². The summed E-state index contributed by atoms with van der Waals surface area (Å²) in [5.41, 5.74) is 5.59. The summed E-state index contributed by atoms with van der Waals surface area (Å²) in [5.74, 6) is 0. The Balaban J connectivity index is 3.38. The molecular weight excluding hydrogens is 222 g/mol. The van der Waals surface area contributed by atoms with Crippen molar-refractivity contribution < 1.29 is 18.9 Å². The number of nitrogens with two attached hydrogens (primary N) is 1. The fourth-order valence-corrected chi connectivity index (χ4v) is 1.10. The van der Waals surface area contributed by atoms with Gasteiger partial charge in [0.25, 0.3) is 0 Å². The zero-order valence-corrected chi connectivity index (χ0v) is 11.5. The van der Waals surface area contributed by atoms with Crippen molar-refractivity contribution in [3.63, 3.8) is 0 Å². The summed E-state index contributed by atoms with van der Waals surface area (Å²) in [7, 11) is 1.65.